The molecule has 3 heteroatoms. The predicted molar refractivity (Wildman–Crippen MR) is 84.8 cm³/mol. The molecule has 1 aromatic carbocycles. The van der Waals surface area contributed by atoms with Gasteiger partial charge in [-0.25, -0.2) is 0 Å². The Balaban J connectivity index is 2.04. The zero-order valence-electron chi connectivity index (χ0n) is 11.3. The number of rotatable bonds is 5. The maximum absolute atomic E-state index is 8.91. The predicted octanol–water partition coefficient (Wildman–Crippen LogP) is 3.66. The highest BCUT2D eigenvalue weighted by molar-refractivity contribution is 7.12. The van der Waals surface area contributed by atoms with Crippen molar-refractivity contribution in [3.63, 3.8) is 0 Å². The van der Waals surface area contributed by atoms with Crippen molar-refractivity contribution in [2.24, 2.45) is 0 Å². The lowest BCUT2D eigenvalue weighted by molar-refractivity contribution is 0.304. The summed E-state index contributed by atoms with van der Waals surface area (Å²) in [6.45, 7) is 2.95. The van der Waals surface area contributed by atoms with Crippen molar-refractivity contribution >= 4 is 29.2 Å². The van der Waals surface area contributed by atoms with Crippen LogP contribution in [0.3, 0.4) is 0 Å². The van der Waals surface area contributed by atoms with Gasteiger partial charge in [-0.15, -0.1) is 11.3 Å². The van der Waals surface area contributed by atoms with Gasteiger partial charge in [0, 0.05) is 29.0 Å². The van der Waals surface area contributed by atoms with E-state index in [1.54, 1.807) is 11.3 Å². The molecule has 0 atom stereocenters. The third kappa shape index (κ3) is 3.94. The molecule has 0 aliphatic heterocycles. The molecule has 1 aromatic heterocycles. The van der Waals surface area contributed by atoms with Crippen LogP contribution in [0, 0.1) is 6.92 Å². The summed E-state index contributed by atoms with van der Waals surface area (Å²) in [5.74, 6) is 0. The lowest BCUT2D eigenvalue weighted by Gasteiger charge is -2.17. The number of thiophene rings is 1. The smallest absolute Gasteiger partial charge is 0.0606 e. The zero-order valence-corrected chi connectivity index (χ0v) is 12.2. The standard InChI is InChI=1S/C16H19NOS/c1-13-3-9-16(19-13)10-6-14-4-7-15(8-5-14)17(2)11-12-18/h3-10,18H,11-12H2,1-2H3/b10-6+. The molecule has 2 aromatic rings. The van der Waals surface area contributed by atoms with Gasteiger partial charge in [-0.2, -0.15) is 0 Å². The van der Waals surface area contributed by atoms with E-state index in [-0.39, 0.29) is 6.61 Å². The van der Waals surface area contributed by atoms with Crippen LogP contribution in [0.1, 0.15) is 15.3 Å². The fourth-order valence-corrected chi connectivity index (χ4v) is 2.62. The van der Waals surface area contributed by atoms with E-state index in [0.29, 0.717) is 6.54 Å². The van der Waals surface area contributed by atoms with Crippen molar-refractivity contribution in [2.45, 2.75) is 6.92 Å². The van der Waals surface area contributed by atoms with Gasteiger partial charge < -0.3 is 10.0 Å². The highest BCUT2D eigenvalue weighted by atomic mass is 32.1. The number of hydrogen-bond acceptors (Lipinski definition) is 3. The van der Waals surface area contributed by atoms with E-state index < -0.39 is 0 Å². The summed E-state index contributed by atoms with van der Waals surface area (Å²) in [4.78, 5) is 4.65. The molecular formula is C16H19NOS. The summed E-state index contributed by atoms with van der Waals surface area (Å²) in [7, 11) is 1.98. The van der Waals surface area contributed by atoms with Gasteiger partial charge in [0.25, 0.3) is 0 Å². The number of benzene rings is 1. The summed E-state index contributed by atoms with van der Waals surface area (Å²) < 4.78 is 0. The molecule has 0 saturated carbocycles. The molecule has 0 spiro atoms. The molecule has 0 unspecified atom stereocenters. The molecule has 1 N–H and O–H groups in total. The van der Waals surface area contributed by atoms with E-state index in [1.807, 2.05) is 11.9 Å². The van der Waals surface area contributed by atoms with E-state index in [9.17, 15) is 0 Å². The number of aliphatic hydroxyl groups excluding tert-OH is 1. The quantitative estimate of drug-likeness (QED) is 0.898. The largest absolute Gasteiger partial charge is 0.395 e. The summed E-state index contributed by atoms with van der Waals surface area (Å²) in [5, 5.41) is 8.91. The van der Waals surface area contributed by atoms with Crippen LogP contribution >= 0.6 is 11.3 Å². The molecule has 0 aliphatic rings. The van der Waals surface area contributed by atoms with Gasteiger partial charge in [0.2, 0.25) is 0 Å². The molecule has 0 saturated heterocycles. The zero-order chi connectivity index (χ0) is 13.7. The minimum absolute atomic E-state index is 0.176. The molecule has 100 valence electrons. The van der Waals surface area contributed by atoms with Gasteiger partial charge >= 0.3 is 0 Å². The van der Waals surface area contributed by atoms with Crippen LogP contribution in [0.15, 0.2) is 36.4 Å². The number of aliphatic hydroxyl groups is 1. The summed E-state index contributed by atoms with van der Waals surface area (Å²) in [6, 6.07) is 12.6. The van der Waals surface area contributed by atoms with E-state index >= 15 is 0 Å². The molecule has 19 heavy (non-hydrogen) atoms. The van der Waals surface area contributed by atoms with Crippen LogP contribution in [0.4, 0.5) is 5.69 Å². The molecule has 0 aliphatic carbocycles. The van der Waals surface area contributed by atoms with Crippen LogP contribution in [0.5, 0.6) is 0 Å². The third-order valence-electron chi connectivity index (χ3n) is 2.97. The molecule has 2 rings (SSSR count). The minimum atomic E-state index is 0.176. The van der Waals surface area contributed by atoms with Crippen molar-refractivity contribution in [1.82, 2.24) is 0 Å². The van der Waals surface area contributed by atoms with Crippen LogP contribution < -0.4 is 4.90 Å². The van der Waals surface area contributed by atoms with Gasteiger partial charge in [0.1, 0.15) is 0 Å². The lowest BCUT2D eigenvalue weighted by Crippen LogP contribution is -2.20. The first kappa shape index (κ1) is 13.8. The average molecular weight is 273 g/mol. The highest BCUT2D eigenvalue weighted by Crippen LogP contribution is 2.19. The second kappa shape index (κ2) is 6.55. The van der Waals surface area contributed by atoms with Gasteiger partial charge in [-0.3, -0.25) is 0 Å². The number of likely N-dealkylation sites (N-methyl/N-ethyl adjacent to an activating group) is 1. The second-order valence-electron chi connectivity index (χ2n) is 4.52. The monoisotopic (exact) mass is 273 g/mol. The molecule has 0 radical (unpaired) electrons. The topological polar surface area (TPSA) is 23.5 Å². The van der Waals surface area contributed by atoms with Gasteiger partial charge in [-0.1, -0.05) is 18.2 Å². The van der Waals surface area contributed by atoms with E-state index in [2.05, 4.69) is 55.5 Å². The van der Waals surface area contributed by atoms with Gasteiger partial charge in [0.05, 0.1) is 6.61 Å². The van der Waals surface area contributed by atoms with Crippen molar-refractivity contribution in [1.29, 1.82) is 0 Å². The Kier molecular flexibility index (Phi) is 4.77. The van der Waals surface area contributed by atoms with Crippen molar-refractivity contribution in [2.75, 3.05) is 25.1 Å². The Morgan fingerprint density at radius 2 is 1.84 bits per heavy atom. The summed E-state index contributed by atoms with van der Waals surface area (Å²) in [5.41, 5.74) is 2.31. The Labute approximate surface area is 118 Å². The fourth-order valence-electron chi connectivity index (χ4n) is 1.84. The number of nitrogens with zero attached hydrogens (tertiary/aromatic N) is 1. The molecule has 0 amide bonds. The van der Waals surface area contributed by atoms with Crippen molar-refractivity contribution in [3.8, 4) is 0 Å². The first-order valence-electron chi connectivity index (χ1n) is 6.35. The third-order valence-corrected chi connectivity index (χ3v) is 3.94. The highest BCUT2D eigenvalue weighted by Gasteiger charge is 1.98. The molecule has 0 bridgehead atoms. The van der Waals surface area contributed by atoms with E-state index in [4.69, 9.17) is 5.11 Å². The van der Waals surface area contributed by atoms with Crippen molar-refractivity contribution < 1.29 is 5.11 Å². The van der Waals surface area contributed by atoms with Crippen molar-refractivity contribution in [3.05, 3.63) is 51.7 Å². The maximum atomic E-state index is 8.91. The van der Waals surface area contributed by atoms with Crippen LogP contribution in [0.25, 0.3) is 12.2 Å². The van der Waals surface area contributed by atoms with E-state index in [0.717, 1.165) is 5.69 Å². The molecular weight excluding hydrogens is 254 g/mol. The fraction of sp³-hybridized carbons (Fsp3) is 0.250. The Morgan fingerprint density at radius 3 is 2.42 bits per heavy atom. The Hall–Kier alpha value is -1.58. The van der Waals surface area contributed by atoms with Crippen LogP contribution in [0.2, 0.25) is 0 Å². The SMILES string of the molecule is Cc1ccc(/C=C/c2ccc(N(C)CCO)cc2)s1. The van der Waals surface area contributed by atoms with Gasteiger partial charge in [0.15, 0.2) is 0 Å². The summed E-state index contributed by atoms with van der Waals surface area (Å²) >= 11 is 1.80. The van der Waals surface area contributed by atoms with Crippen LogP contribution in [-0.2, 0) is 0 Å². The number of anilines is 1. The van der Waals surface area contributed by atoms with Crippen LogP contribution in [-0.4, -0.2) is 25.3 Å². The number of aryl methyl sites for hydroxylation is 1. The lowest BCUT2D eigenvalue weighted by atomic mass is 10.2. The Morgan fingerprint density at radius 1 is 1.11 bits per heavy atom. The number of hydrogen-bond donors (Lipinski definition) is 1. The molecule has 1 heterocycles. The van der Waals surface area contributed by atoms with E-state index in [1.165, 1.54) is 15.3 Å². The second-order valence-corrected chi connectivity index (χ2v) is 5.84. The Bertz CT molecular complexity index is 542. The molecule has 2 nitrogen and oxygen atoms in total. The van der Waals surface area contributed by atoms with Gasteiger partial charge in [-0.05, 0) is 42.8 Å². The normalized spacial score (nSPS) is 11.1. The summed E-state index contributed by atoms with van der Waals surface area (Å²) in [6.07, 6.45) is 4.27. The first-order valence-corrected chi connectivity index (χ1v) is 7.17. The first-order chi connectivity index (χ1) is 9.19. The minimum Gasteiger partial charge on any atom is -0.395 e. The maximum Gasteiger partial charge on any atom is 0.0606 e. The average Bonchev–Trinajstić information content (AvgIpc) is 2.83. The molecule has 0 fully saturated rings.